The Hall–Kier alpha value is -2.27. The summed E-state index contributed by atoms with van der Waals surface area (Å²) in [6.07, 6.45) is 7.09. The van der Waals surface area contributed by atoms with E-state index in [4.69, 9.17) is 0 Å². The lowest BCUT2D eigenvalue weighted by Crippen LogP contribution is -2.18. The number of benzene rings is 1. The molecule has 0 radical (unpaired) electrons. The summed E-state index contributed by atoms with van der Waals surface area (Å²) in [5.41, 5.74) is 2.97. The van der Waals surface area contributed by atoms with Crippen molar-refractivity contribution in [2.45, 2.75) is 19.3 Å². The summed E-state index contributed by atoms with van der Waals surface area (Å²) < 4.78 is 0. The summed E-state index contributed by atoms with van der Waals surface area (Å²) in [5, 5.41) is 12.4. The number of carboxylic acids is 1. The molecule has 2 N–H and O–H groups in total. The summed E-state index contributed by atoms with van der Waals surface area (Å²) in [6, 6.07) is 7.93. The van der Waals surface area contributed by atoms with Crippen molar-refractivity contribution in [3.8, 4) is 11.1 Å². The first kappa shape index (κ1) is 16.1. The average Bonchev–Trinajstić information content (AvgIpc) is 2.55. The van der Waals surface area contributed by atoms with Gasteiger partial charge in [0.25, 0.3) is 0 Å². The summed E-state index contributed by atoms with van der Waals surface area (Å²) >= 11 is 0. The smallest absolute Gasteiger partial charge is 0.306 e. The lowest BCUT2D eigenvalue weighted by atomic mass is 9.93. The number of nitrogens with zero attached hydrogens (tertiary/aromatic N) is 2. The van der Waals surface area contributed by atoms with E-state index in [1.807, 2.05) is 31.3 Å². The molecule has 116 valence electrons. The Morgan fingerprint density at radius 1 is 1.27 bits per heavy atom. The zero-order chi connectivity index (χ0) is 15.8. The fraction of sp³-hybridized carbons (Fsp3) is 0.353. The molecule has 1 heterocycles. The third-order valence-corrected chi connectivity index (χ3v) is 3.63. The van der Waals surface area contributed by atoms with E-state index in [-0.39, 0.29) is 5.92 Å². The Morgan fingerprint density at radius 3 is 2.73 bits per heavy atom. The Bertz CT molecular complexity index is 602. The van der Waals surface area contributed by atoms with Crippen LogP contribution in [-0.4, -0.2) is 34.6 Å². The van der Waals surface area contributed by atoms with Crippen LogP contribution >= 0.6 is 0 Å². The molecule has 0 saturated carbocycles. The predicted molar refractivity (Wildman–Crippen MR) is 85.5 cm³/mol. The molecule has 2 aromatic rings. The van der Waals surface area contributed by atoms with E-state index in [0.29, 0.717) is 12.8 Å². The molecule has 1 aromatic heterocycles. The molecule has 0 aliphatic heterocycles. The van der Waals surface area contributed by atoms with Crippen molar-refractivity contribution < 1.29 is 9.90 Å². The minimum Gasteiger partial charge on any atom is -0.481 e. The standard InChI is InChI=1S/C17H21N3O2/c1-18-7-3-6-15(17(21)22)9-13-4-2-5-14(8-13)16-10-19-12-20-11-16/h2,4-5,8,10-12,15,18H,3,6-7,9H2,1H3,(H,21,22). The van der Waals surface area contributed by atoms with Gasteiger partial charge in [-0.1, -0.05) is 24.3 Å². The molecule has 0 bridgehead atoms. The first-order chi connectivity index (χ1) is 10.7. The highest BCUT2D eigenvalue weighted by molar-refractivity contribution is 5.70. The Labute approximate surface area is 130 Å². The zero-order valence-electron chi connectivity index (χ0n) is 12.7. The van der Waals surface area contributed by atoms with Crippen LogP contribution in [0.25, 0.3) is 11.1 Å². The van der Waals surface area contributed by atoms with Crippen molar-refractivity contribution in [1.82, 2.24) is 15.3 Å². The first-order valence-electron chi connectivity index (χ1n) is 7.42. The third kappa shape index (κ3) is 4.63. The van der Waals surface area contributed by atoms with Crippen LogP contribution in [0.2, 0.25) is 0 Å². The van der Waals surface area contributed by atoms with Crippen molar-refractivity contribution in [3.05, 3.63) is 48.5 Å². The van der Waals surface area contributed by atoms with Gasteiger partial charge in [0.1, 0.15) is 6.33 Å². The van der Waals surface area contributed by atoms with Crippen LogP contribution < -0.4 is 5.32 Å². The van der Waals surface area contributed by atoms with E-state index in [1.54, 1.807) is 12.4 Å². The van der Waals surface area contributed by atoms with Crippen LogP contribution in [0, 0.1) is 5.92 Å². The second kappa shape index (κ2) is 8.24. The maximum atomic E-state index is 11.4. The van der Waals surface area contributed by atoms with Gasteiger partial charge in [0.05, 0.1) is 5.92 Å². The second-order valence-electron chi connectivity index (χ2n) is 5.31. The van der Waals surface area contributed by atoms with Gasteiger partial charge in [-0.25, -0.2) is 9.97 Å². The Kier molecular flexibility index (Phi) is 6.03. The molecule has 2 rings (SSSR count). The largest absolute Gasteiger partial charge is 0.481 e. The Balaban J connectivity index is 2.09. The van der Waals surface area contributed by atoms with E-state index in [1.165, 1.54) is 6.33 Å². The van der Waals surface area contributed by atoms with Crippen LogP contribution in [0.4, 0.5) is 0 Å². The first-order valence-corrected chi connectivity index (χ1v) is 7.42. The summed E-state index contributed by atoms with van der Waals surface area (Å²) in [5.74, 6) is -1.08. The van der Waals surface area contributed by atoms with Gasteiger partial charge < -0.3 is 10.4 Å². The van der Waals surface area contributed by atoms with Crippen LogP contribution in [0.3, 0.4) is 0 Å². The van der Waals surface area contributed by atoms with Crippen molar-refractivity contribution >= 4 is 5.97 Å². The third-order valence-electron chi connectivity index (χ3n) is 3.63. The lowest BCUT2D eigenvalue weighted by molar-refractivity contribution is -0.141. The van der Waals surface area contributed by atoms with Gasteiger partial charge >= 0.3 is 5.97 Å². The minimum absolute atomic E-state index is 0.351. The lowest BCUT2D eigenvalue weighted by Gasteiger charge is -2.13. The molecule has 0 aliphatic carbocycles. The van der Waals surface area contributed by atoms with Gasteiger partial charge in [-0.2, -0.15) is 0 Å². The number of aromatic nitrogens is 2. The molecule has 1 unspecified atom stereocenters. The summed E-state index contributed by atoms with van der Waals surface area (Å²) in [4.78, 5) is 19.4. The van der Waals surface area contributed by atoms with E-state index in [2.05, 4.69) is 15.3 Å². The number of hydrogen-bond donors (Lipinski definition) is 2. The summed E-state index contributed by atoms with van der Waals surface area (Å²) in [6.45, 7) is 0.838. The number of rotatable bonds is 8. The average molecular weight is 299 g/mol. The van der Waals surface area contributed by atoms with Gasteiger partial charge in [-0.3, -0.25) is 4.79 Å². The molecular weight excluding hydrogens is 278 g/mol. The molecule has 1 aromatic carbocycles. The monoisotopic (exact) mass is 299 g/mol. The van der Waals surface area contributed by atoms with Crippen molar-refractivity contribution in [1.29, 1.82) is 0 Å². The number of carbonyl (C=O) groups is 1. The summed E-state index contributed by atoms with van der Waals surface area (Å²) in [7, 11) is 1.88. The van der Waals surface area contributed by atoms with E-state index in [9.17, 15) is 9.90 Å². The molecule has 5 heteroatoms. The van der Waals surface area contributed by atoms with Crippen molar-refractivity contribution in [2.75, 3.05) is 13.6 Å². The van der Waals surface area contributed by atoms with Gasteiger partial charge in [-0.05, 0) is 44.0 Å². The topological polar surface area (TPSA) is 75.1 Å². The van der Waals surface area contributed by atoms with E-state index in [0.717, 1.165) is 29.7 Å². The molecule has 5 nitrogen and oxygen atoms in total. The fourth-order valence-electron chi connectivity index (χ4n) is 2.45. The van der Waals surface area contributed by atoms with Crippen molar-refractivity contribution in [2.24, 2.45) is 5.92 Å². The fourth-order valence-corrected chi connectivity index (χ4v) is 2.45. The highest BCUT2D eigenvalue weighted by atomic mass is 16.4. The molecule has 22 heavy (non-hydrogen) atoms. The highest BCUT2D eigenvalue weighted by Crippen LogP contribution is 2.21. The normalized spacial score (nSPS) is 12.0. The van der Waals surface area contributed by atoms with E-state index < -0.39 is 5.97 Å². The highest BCUT2D eigenvalue weighted by Gasteiger charge is 2.17. The van der Waals surface area contributed by atoms with Crippen molar-refractivity contribution in [3.63, 3.8) is 0 Å². The molecule has 0 spiro atoms. The molecule has 0 saturated heterocycles. The molecule has 0 amide bonds. The van der Waals surface area contributed by atoms with Crippen LogP contribution in [0.1, 0.15) is 18.4 Å². The van der Waals surface area contributed by atoms with Gasteiger partial charge in [0.15, 0.2) is 0 Å². The molecular formula is C17H21N3O2. The predicted octanol–water partition coefficient (Wildman–Crippen LogP) is 2.39. The second-order valence-corrected chi connectivity index (χ2v) is 5.31. The number of carboxylic acid groups (broad SMARTS) is 1. The Morgan fingerprint density at radius 2 is 2.05 bits per heavy atom. The SMILES string of the molecule is CNCCCC(Cc1cccc(-c2cncnc2)c1)C(=O)O. The quantitative estimate of drug-likeness (QED) is 0.732. The van der Waals surface area contributed by atoms with Gasteiger partial charge in [0.2, 0.25) is 0 Å². The zero-order valence-corrected chi connectivity index (χ0v) is 12.7. The van der Waals surface area contributed by atoms with Crippen LogP contribution in [0.15, 0.2) is 43.0 Å². The molecule has 1 atom stereocenters. The molecule has 0 fully saturated rings. The molecule has 0 aliphatic rings. The van der Waals surface area contributed by atoms with E-state index >= 15 is 0 Å². The van der Waals surface area contributed by atoms with Gasteiger partial charge in [-0.15, -0.1) is 0 Å². The maximum absolute atomic E-state index is 11.4. The number of nitrogens with one attached hydrogen (secondary N) is 1. The number of hydrogen-bond acceptors (Lipinski definition) is 4. The van der Waals surface area contributed by atoms with Crippen LogP contribution in [-0.2, 0) is 11.2 Å². The number of aliphatic carboxylic acids is 1. The van der Waals surface area contributed by atoms with Gasteiger partial charge in [0, 0.05) is 18.0 Å². The van der Waals surface area contributed by atoms with Crippen LogP contribution in [0.5, 0.6) is 0 Å². The maximum Gasteiger partial charge on any atom is 0.306 e. The minimum atomic E-state index is -0.732.